The molecule has 0 amide bonds. The van der Waals surface area contributed by atoms with E-state index in [1.165, 1.54) is 64.2 Å². The summed E-state index contributed by atoms with van der Waals surface area (Å²) in [6, 6.07) is 3.36. The minimum Gasteiger partial charge on any atom is -0.491 e. The van der Waals surface area contributed by atoms with Gasteiger partial charge >= 0.3 is 0 Å². The second kappa shape index (κ2) is 12.7. The van der Waals surface area contributed by atoms with Crippen LogP contribution in [0.4, 0.5) is 8.78 Å². The fourth-order valence-corrected chi connectivity index (χ4v) is 7.24. The monoisotopic (exact) mass is 476 g/mol. The summed E-state index contributed by atoms with van der Waals surface area (Å²) >= 11 is 0. The van der Waals surface area contributed by atoms with E-state index in [4.69, 9.17) is 9.47 Å². The molecule has 3 aliphatic rings. The van der Waals surface area contributed by atoms with Crippen LogP contribution >= 0.6 is 0 Å². The molecule has 4 rings (SSSR count). The normalized spacial score (nSPS) is 32.5. The van der Waals surface area contributed by atoms with Crippen molar-refractivity contribution in [2.45, 2.75) is 116 Å². The van der Waals surface area contributed by atoms with Crippen LogP contribution in [0.1, 0.15) is 115 Å². The van der Waals surface area contributed by atoms with Crippen LogP contribution in [0.25, 0.3) is 0 Å². The van der Waals surface area contributed by atoms with Crippen molar-refractivity contribution in [3.63, 3.8) is 0 Å². The minimum atomic E-state index is -0.818. The zero-order valence-corrected chi connectivity index (χ0v) is 21.5. The highest BCUT2D eigenvalue weighted by Gasteiger charge is 2.35. The van der Waals surface area contributed by atoms with Gasteiger partial charge in [-0.25, -0.2) is 4.39 Å². The molecular formula is C30H46F2O2. The average molecular weight is 477 g/mol. The van der Waals surface area contributed by atoms with Crippen LogP contribution < -0.4 is 4.74 Å². The molecule has 0 bridgehead atoms. The zero-order valence-electron chi connectivity index (χ0n) is 21.5. The van der Waals surface area contributed by atoms with Gasteiger partial charge in [0, 0.05) is 6.61 Å². The highest BCUT2D eigenvalue weighted by atomic mass is 19.2. The molecule has 1 aromatic rings. The third-order valence-corrected chi connectivity index (χ3v) is 9.31. The zero-order chi connectivity index (χ0) is 23.9. The van der Waals surface area contributed by atoms with Gasteiger partial charge in [-0.15, -0.1) is 0 Å². The average Bonchev–Trinajstić information content (AvgIpc) is 2.88. The predicted octanol–water partition coefficient (Wildman–Crippen LogP) is 8.82. The van der Waals surface area contributed by atoms with E-state index in [1.54, 1.807) is 19.1 Å². The Morgan fingerprint density at radius 2 is 1.24 bits per heavy atom. The summed E-state index contributed by atoms with van der Waals surface area (Å²) in [5, 5.41) is 0. The summed E-state index contributed by atoms with van der Waals surface area (Å²) in [5.41, 5.74) is 0.553. The number of halogens is 2. The fourth-order valence-electron chi connectivity index (χ4n) is 7.24. The molecule has 0 unspecified atom stereocenters. The van der Waals surface area contributed by atoms with Crippen molar-refractivity contribution in [2.24, 2.45) is 23.7 Å². The summed E-state index contributed by atoms with van der Waals surface area (Å²) in [4.78, 5) is 0. The Balaban J connectivity index is 1.19. The molecule has 34 heavy (non-hydrogen) atoms. The van der Waals surface area contributed by atoms with Crippen molar-refractivity contribution in [1.82, 2.24) is 0 Å². The lowest BCUT2D eigenvalue weighted by molar-refractivity contribution is 0.00442. The highest BCUT2D eigenvalue weighted by Crippen LogP contribution is 2.47. The van der Waals surface area contributed by atoms with Gasteiger partial charge in [0.25, 0.3) is 0 Å². The second-order valence-electron chi connectivity index (χ2n) is 11.3. The van der Waals surface area contributed by atoms with E-state index < -0.39 is 11.6 Å². The first kappa shape index (κ1) is 25.9. The Morgan fingerprint density at radius 3 is 1.76 bits per heavy atom. The van der Waals surface area contributed by atoms with Crippen molar-refractivity contribution in [2.75, 3.05) is 13.2 Å². The topological polar surface area (TPSA) is 18.5 Å². The predicted molar refractivity (Wildman–Crippen MR) is 134 cm³/mol. The first-order chi connectivity index (χ1) is 16.6. The van der Waals surface area contributed by atoms with Crippen molar-refractivity contribution in [3.8, 4) is 5.75 Å². The first-order valence-electron chi connectivity index (χ1n) is 14.3. The lowest BCUT2D eigenvalue weighted by Gasteiger charge is -2.41. The van der Waals surface area contributed by atoms with Gasteiger partial charge in [0.1, 0.15) is 0 Å². The maximum Gasteiger partial charge on any atom is 0.200 e. The van der Waals surface area contributed by atoms with Gasteiger partial charge in [0.15, 0.2) is 11.6 Å². The molecule has 0 saturated heterocycles. The SMILES string of the molecule is CCCCOC1CCC(C2CCC(C3CCC(c4ccc(OCC)c(F)c4F)CC3)CC2)CC1. The summed E-state index contributed by atoms with van der Waals surface area (Å²) in [6.45, 7) is 5.30. The molecular weight excluding hydrogens is 430 g/mol. The van der Waals surface area contributed by atoms with Crippen LogP contribution in [0, 0.1) is 35.3 Å². The van der Waals surface area contributed by atoms with Gasteiger partial charge < -0.3 is 9.47 Å². The number of unbranched alkanes of at least 4 members (excludes halogenated alkanes) is 1. The molecule has 0 aliphatic heterocycles. The standard InChI is InChI=1S/C30H46F2O2/c1-3-5-20-34-26-16-14-24(15-17-26)22-8-6-21(7-9-22)23-10-12-25(13-11-23)27-18-19-28(33-4-2)30(32)29(27)31/h18-19,21-26H,3-17,20H2,1-2H3. The van der Waals surface area contributed by atoms with Crippen LogP contribution in [-0.2, 0) is 4.74 Å². The van der Waals surface area contributed by atoms with Crippen molar-refractivity contribution < 1.29 is 18.3 Å². The Labute approximate surface area is 206 Å². The first-order valence-corrected chi connectivity index (χ1v) is 14.3. The number of rotatable bonds is 9. The molecule has 0 heterocycles. The van der Waals surface area contributed by atoms with Gasteiger partial charge in [0.05, 0.1) is 12.7 Å². The minimum absolute atomic E-state index is 0.0340. The largest absolute Gasteiger partial charge is 0.491 e. The van der Waals surface area contributed by atoms with E-state index in [9.17, 15) is 8.78 Å². The Bertz CT molecular complexity index is 742. The van der Waals surface area contributed by atoms with Crippen molar-refractivity contribution in [3.05, 3.63) is 29.3 Å². The molecule has 3 fully saturated rings. The maximum atomic E-state index is 14.7. The summed E-state index contributed by atoms with van der Waals surface area (Å²) in [5.74, 6) is 2.12. The lowest BCUT2D eigenvalue weighted by Crippen LogP contribution is -2.31. The van der Waals surface area contributed by atoms with E-state index in [0.717, 1.165) is 56.0 Å². The molecule has 1 aromatic carbocycles. The Kier molecular flexibility index (Phi) is 9.68. The van der Waals surface area contributed by atoms with Gasteiger partial charge in [-0.1, -0.05) is 19.4 Å². The van der Waals surface area contributed by atoms with E-state index in [0.29, 0.717) is 18.3 Å². The Hall–Kier alpha value is -1.16. The summed E-state index contributed by atoms with van der Waals surface area (Å²) in [6.07, 6.45) is 18.0. The molecule has 192 valence electrons. The van der Waals surface area contributed by atoms with E-state index >= 15 is 0 Å². The second-order valence-corrected chi connectivity index (χ2v) is 11.3. The third-order valence-electron chi connectivity index (χ3n) is 9.31. The van der Waals surface area contributed by atoms with E-state index in [1.807, 2.05) is 0 Å². The molecule has 2 nitrogen and oxygen atoms in total. The lowest BCUT2D eigenvalue weighted by atomic mass is 9.65. The molecule has 4 heteroatoms. The number of benzene rings is 1. The molecule has 0 aromatic heterocycles. The van der Waals surface area contributed by atoms with Crippen molar-refractivity contribution >= 4 is 0 Å². The van der Waals surface area contributed by atoms with Crippen molar-refractivity contribution in [1.29, 1.82) is 0 Å². The molecule has 0 atom stereocenters. The summed E-state index contributed by atoms with van der Waals surface area (Å²) < 4.78 is 40.3. The van der Waals surface area contributed by atoms with Crippen LogP contribution in [0.15, 0.2) is 12.1 Å². The number of ether oxygens (including phenoxy) is 2. The molecule has 3 aliphatic carbocycles. The fraction of sp³-hybridized carbons (Fsp3) is 0.800. The molecule has 0 spiro atoms. The van der Waals surface area contributed by atoms with Crippen LogP contribution in [-0.4, -0.2) is 19.3 Å². The quantitative estimate of drug-likeness (QED) is 0.331. The number of hydrogen-bond donors (Lipinski definition) is 0. The van der Waals surface area contributed by atoms with E-state index in [-0.39, 0.29) is 11.7 Å². The molecule has 0 N–H and O–H groups in total. The number of hydrogen-bond acceptors (Lipinski definition) is 2. The van der Waals surface area contributed by atoms with Crippen LogP contribution in [0.3, 0.4) is 0 Å². The third kappa shape index (κ3) is 6.33. The van der Waals surface area contributed by atoms with Gasteiger partial charge in [-0.3, -0.25) is 0 Å². The smallest absolute Gasteiger partial charge is 0.200 e. The molecule has 0 radical (unpaired) electrons. The van der Waals surface area contributed by atoms with Gasteiger partial charge in [-0.2, -0.15) is 4.39 Å². The highest BCUT2D eigenvalue weighted by molar-refractivity contribution is 5.33. The Morgan fingerprint density at radius 1 is 0.706 bits per heavy atom. The van der Waals surface area contributed by atoms with Gasteiger partial charge in [0.2, 0.25) is 5.82 Å². The van der Waals surface area contributed by atoms with Crippen LogP contribution in [0.2, 0.25) is 0 Å². The summed E-state index contributed by atoms with van der Waals surface area (Å²) in [7, 11) is 0. The van der Waals surface area contributed by atoms with E-state index in [2.05, 4.69) is 6.92 Å². The molecule has 3 saturated carbocycles. The van der Waals surface area contributed by atoms with Crippen LogP contribution in [0.5, 0.6) is 5.75 Å². The maximum absolute atomic E-state index is 14.7. The van der Waals surface area contributed by atoms with Gasteiger partial charge in [-0.05, 0) is 132 Å².